The van der Waals surface area contributed by atoms with E-state index in [9.17, 15) is 14.0 Å². The Hall–Kier alpha value is -2.74. The highest BCUT2D eigenvalue weighted by Crippen LogP contribution is 2.33. The van der Waals surface area contributed by atoms with Crippen LogP contribution in [0.1, 0.15) is 12.8 Å². The maximum atomic E-state index is 13.4. The van der Waals surface area contributed by atoms with Crippen molar-refractivity contribution in [2.75, 3.05) is 11.9 Å². The molecular weight excluding hydrogens is 345 g/mol. The van der Waals surface area contributed by atoms with Gasteiger partial charge in [0.1, 0.15) is 11.9 Å². The molecule has 0 unspecified atom stereocenters. The number of rotatable bonds is 2. The van der Waals surface area contributed by atoms with Crippen molar-refractivity contribution in [1.82, 2.24) is 9.88 Å². The first-order valence-corrected chi connectivity index (χ1v) is 8.64. The molecule has 1 fully saturated rings. The number of thiazole rings is 1. The lowest BCUT2D eigenvalue weighted by Gasteiger charge is -2.19. The normalized spacial score (nSPS) is 17.3. The van der Waals surface area contributed by atoms with Crippen molar-refractivity contribution in [1.29, 1.82) is 0 Å². The van der Waals surface area contributed by atoms with Crippen molar-refractivity contribution in [3.05, 3.63) is 36.1 Å². The molecule has 2 aromatic carbocycles. The van der Waals surface area contributed by atoms with Crippen LogP contribution in [-0.4, -0.2) is 39.6 Å². The molecule has 3 aromatic rings. The highest BCUT2D eigenvalue weighted by Gasteiger charge is 2.34. The second kappa shape index (κ2) is 5.96. The van der Waals surface area contributed by atoms with E-state index >= 15 is 0 Å². The van der Waals surface area contributed by atoms with Gasteiger partial charge in [-0.3, -0.25) is 9.69 Å². The van der Waals surface area contributed by atoms with Gasteiger partial charge < -0.3 is 10.4 Å². The minimum absolute atomic E-state index is 0.306. The summed E-state index contributed by atoms with van der Waals surface area (Å²) in [6.07, 6.45) is 0.0843. The number of aromatic nitrogens is 1. The lowest BCUT2D eigenvalue weighted by molar-refractivity contribution is -0.119. The molecule has 128 valence electrons. The number of amides is 2. The molecule has 0 saturated carbocycles. The Labute approximate surface area is 145 Å². The first-order chi connectivity index (χ1) is 12.0. The molecular formula is C17H14FN3O3S. The van der Waals surface area contributed by atoms with E-state index in [1.807, 2.05) is 0 Å². The predicted octanol–water partition coefficient (Wildman–Crippen LogP) is 3.67. The number of hydrogen-bond donors (Lipinski definition) is 2. The van der Waals surface area contributed by atoms with E-state index in [2.05, 4.69) is 10.3 Å². The first kappa shape index (κ1) is 15.8. The minimum atomic E-state index is -1.09. The number of carboxylic acid groups (broad SMARTS) is 1. The van der Waals surface area contributed by atoms with E-state index < -0.39 is 12.1 Å². The molecule has 6 nitrogen and oxygen atoms in total. The number of halogens is 1. The van der Waals surface area contributed by atoms with Crippen molar-refractivity contribution in [3.63, 3.8) is 0 Å². The molecule has 0 bridgehead atoms. The lowest BCUT2D eigenvalue weighted by Crippen LogP contribution is -2.42. The topological polar surface area (TPSA) is 82.5 Å². The zero-order valence-electron chi connectivity index (χ0n) is 13.0. The van der Waals surface area contributed by atoms with E-state index in [1.165, 1.54) is 23.5 Å². The predicted molar refractivity (Wildman–Crippen MR) is 93.5 cm³/mol. The largest absolute Gasteiger partial charge is 0.465 e. The zero-order valence-corrected chi connectivity index (χ0v) is 13.8. The monoisotopic (exact) mass is 359 g/mol. The minimum Gasteiger partial charge on any atom is -0.465 e. The summed E-state index contributed by atoms with van der Waals surface area (Å²) in [6.45, 7) is 0.365. The molecule has 1 saturated heterocycles. The Morgan fingerprint density at radius 2 is 2.16 bits per heavy atom. The van der Waals surface area contributed by atoms with E-state index in [0.717, 1.165) is 20.4 Å². The smallest absolute Gasteiger partial charge is 0.407 e. The van der Waals surface area contributed by atoms with Gasteiger partial charge in [0.15, 0.2) is 5.13 Å². The number of fused-ring (bicyclic) bond motifs is 3. The third kappa shape index (κ3) is 2.78. The van der Waals surface area contributed by atoms with Crippen LogP contribution in [0.25, 0.3) is 21.0 Å². The van der Waals surface area contributed by atoms with E-state index in [1.54, 1.807) is 18.2 Å². The molecule has 2 heterocycles. The fraction of sp³-hybridized carbons (Fsp3) is 0.235. The summed E-state index contributed by atoms with van der Waals surface area (Å²) in [6, 6.07) is 7.42. The van der Waals surface area contributed by atoms with E-state index in [0.29, 0.717) is 30.0 Å². The number of carbonyl (C=O) groups excluding carboxylic acids is 1. The van der Waals surface area contributed by atoms with Gasteiger partial charge in [-0.05, 0) is 42.5 Å². The van der Waals surface area contributed by atoms with E-state index in [-0.39, 0.29) is 11.7 Å². The standard InChI is InChI=1S/C17H14FN3O3S/c18-10-4-5-11-9(8-10)3-6-12-14(11)25-16(19-12)20-15(22)13-2-1-7-21(13)17(23)24/h3-6,8,13H,1-2,7H2,(H,23,24)(H,19,20,22)/t13-/m1/s1. The van der Waals surface area contributed by atoms with Crippen molar-refractivity contribution in [2.45, 2.75) is 18.9 Å². The van der Waals surface area contributed by atoms with Crippen LogP contribution in [0.4, 0.5) is 14.3 Å². The van der Waals surface area contributed by atoms with Crippen molar-refractivity contribution in [2.24, 2.45) is 0 Å². The van der Waals surface area contributed by atoms with Gasteiger partial charge in [0.25, 0.3) is 0 Å². The van der Waals surface area contributed by atoms with Crippen LogP contribution < -0.4 is 5.32 Å². The molecule has 8 heteroatoms. The third-order valence-corrected chi connectivity index (χ3v) is 5.38. The number of benzene rings is 2. The number of anilines is 1. The summed E-state index contributed by atoms with van der Waals surface area (Å²) in [5.41, 5.74) is 0.709. The zero-order chi connectivity index (χ0) is 17.6. The Morgan fingerprint density at radius 3 is 2.96 bits per heavy atom. The number of hydrogen-bond acceptors (Lipinski definition) is 4. The van der Waals surface area contributed by atoms with Gasteiger partial charge in [0.2, 0.25) is 5.91 Å². The number of carbonyl (C=O) groups is 2. The summed E-state index contributed by atoms with van der Waals surface area (Å²) in [7, 11) is 0. The van der Waals surface area contributed by atoms with Gasteiger partial charge in [-0.25, -0.2) is 14.2 Å². The van der Waals surface area contributed by atoms with Crippen molar-refractivity contribution in [3.8, 4) is 0 Å². The van der Waals surface area contributed by atoms with Gasteiger partial charge in [-0.15, -0.1) is 0 Å². The Balaban J connectivity index is 1.65. The van der Waals surface area contributed by atoms with Crippen LogP contribution in [-0.2, 0) is 4.79 Å². The van der Waals surface area contributed by atoms with Gasteiger partial charge >= 0.3 is 6.09 Å². The van der Waals surface area contributed by atoms with Crippen molar-refractivity contribution < 1.29 is 19.1 Å². The second-order valence-electron chi connectivity index (χ2n) is 5.92. The number of nitrogens with one attached hydrogen (secondary N) is 1. The van der Waals surface area contributed by atoms with Crippen LogP contribution in [0.2, 0.25) is 0 Å². The summed E-state index contributed by atoms with van der Waals surface area (Å²) >= 11 is 1.30. The fourth-order valence-electron chi connectivity index (χ4n) is 3.20. The molecule has 1 atom stereocenters. The Kier molecular flexibility index (Phi) is 3.76. The van der Waals surface area contributed by atoms with Crippen LogP contribution in [0, 0.1) is 5.82 Å². The fourth-order valence-corrected chi connectivity index (χ4v) is 4.20. The summed E-state index contributed by atoms with van der Waals surface area (Å²) in [5, 5.41) is 13.9. The highest BCUT2D eigenvalue weighted by atomic mass is 32.1. The third-order valence-electron chi connectivity index (χ3n) is 4.36. The van der Waals surface area contributed by atoms with Gasteiger partial charge in [0.05, 0.1) is 10.2 Å². The Bertz CT molecular complexity index is 1000. The molecule has 0 aliphatic carbocycles. The molecule has 1 aliphatic rings. The summed E-state index contributed by atoms with van der Waals surface area (Å²) in [5.74, 6) is -0.672. The second-order valence-corrected chi connectivity index (χ2v) is 6.92. The van der Waals surface area contributed by atoms with Crippen LogP contribution in [0.15, 0.2) is 30.3 Å². The van der Waals surface area contributed by atoms with Crippen molar-refractivity contribution >= 4 is 49.5 Å². The molecule has 1 aliphatic heterocycles. The molecule has 2 amide bonds. The maximum Gasteiger partial charge on any atom is 0.407 e. The van der Waals surface area contributed by atoms with E-state index in [4.69, 9.17) is 5.11 Å². The van der Waals surface area contributed by atoms with Gasteiger partial charge in [-0.2, -0.15) is 0 Å². The van der Waals surface area contributed by atoms with Crippen LogP contribution in [0.3, 0.4) is 0 Å². The molecule has 1 aromatic heterocycles. The number of likely N-dealkylation sites (tertiary alicyclic amines) is 1. The summed E-state index contributed by atoms with van der Waals surface area (Å²) < 4.78 is 14.2. The maximum absolute atomic E-state index is 13.4. The lowest BCUT2D eigenvalue weighted by atomic mass is 10.1. The van der Waals surface area contributed by atoms with Crippen LogP contribution >= 0.6 is 11.3 Å². The summed E-state index contributed by atoms with van der Waals surface area (Å²) in [4.78, 5) is 29.1. The average Bonchev–Trinajstić information content (AvgIpc) is 3.20. The average molecular weight is 359 g/mol. The first-order valence-electron chi connectivity index (χ1n) is 7.82. The quantitative estimate of drug-likeness (QED) is 0.731. The Morgan fingerprint density at radius 1 is 1.32 bits per heavy atom. The SMILES string of the molecule is O=C(Nc1nc2ccc3cc(F)ccc3c2s1)[C@H]1CCCN1C(=O)O. The van der Waals surface area contributed by atoms with Gasteiger partial charge in [-0.1, -0.05) is 17.4 Å². The van der Waals surface area contributed by atoms with Gasteiger partial charge in [0, 0.05) is 11.9 Å². The molecule has 0 radical (unpaired) electrons. The van der Waals surface area contributed by atoms with Crippen LogP contribution in [0.5, 0.6) is 0 Å². The number of nitrogens with zero attached hydrogens (tertiary/aromatic N) is 2. The molecule has 2 N–H and O–H groups in total. The molecule has 25 heavy (non-hydrogen) atoms. The molecule has 4 rings (SSSR count). The highest BCUT2D eigenvalue weighted by molar-refractivity contribution is 7.23. The molecule has 0 spiro atoms.